The summed E-state index contributed by atoms with van der Waals surface area (Å²) in [4.78, 5) is 25.6. The van der Waals surface area contributed by atoms with Gasteiger partial charge in [-0.3, -0.25) is 4.79 Å². The molecule has 0 saturated heterocycles. The van der Waals surface area contributed by atoms with E-state index in [-0.39, 0.29) is 5.91 Å². The van der Waals surface area contributed by atoms with Crippen molar-refractivity contribution in [2.75, 3.05) is 20.6 Å². The fraction of sp³-hybridized carbons (Fsp3) is 0.250. The molecule has 1 aliphatic rings. The van der Waals surface area contributed by atoms with E-state index in [1.54, 1.807) is 21.6 Å². The Balaban J connectivity index is 1.42. The first-order valence-electron chi connectivity index (χ1n) is 11.1. The Labute approximate surface area is 200 Å². The zero-order valence-electron chi connectivity index (χ0n) is 18.8. The lowest BCUT2D eigenvalue weighted by Gasteiger charge is -2.33. The van der Waals surface area contributed by atoms with Crippen LogP contribution in [0.15, 0.2) is 55.2 Å². The van der Waals surface area contributed by atoms with Crippen molar-refractivity contribution in [1.82, 2.24) is 39.0 Å². The molecule has 34 heavy (non-hydrogen) atoms. The Morgan fingerprint density at radius 3 is 2.94 bits per heavy atom. The zero-order chi connectivity index (χ0) is 23.4. The van der Waals surface area contributed by atoms with Gasteiger partial charge in [-0.1, -0.05) is 17.7 Å². The summed E-state index contributed by atoms with van der Waals surface area (Å²) in [6.45, 7) is 1.34. The number of imidazole rings is 1. The van der Waals surface area contributed by atoms with Crippen molar-refractivity contribution in [3.05, 3.63) is 88.5 Å². The molecule has 10 heteroatoms. The van der Waals surface area contributed by atoms with Crippen LogP contribution in [0.25, 0.3) is 11.0 Å². The van der Waals surface area contributed by atoms with Crippen molar-refractivity contribution in [3.63, 3.8) is 0 Å². The maximum Gasteiger partial charge on any atom is 0.258 e. The highest BCUT2D eigenvalue weighted by molar-refractivity contribution is 6.33. The molecule has 5 aromatic rings. The number of halogens is 1. The number of hydrogen-bond acceptors (Lipinski definition) is 5. The number of nitrogens with zero attached hydrogens (tertiary/aromatic N) is 7. The minimum Gasteiger partial charge on any atom is -0.348 e. The topological polar surface area (TPSA) is 86.8 Å². The van der Waals surface area contributed by atoms with Gasteiger partial charge in [-0.05, 0) is 43.9 Å². The van der Waals surface area contributed by atoms with Gasteiger partial charge in [-0.2, -0.15) is 10.2 Å². The summed E-state index contributed by atoms with van der Waals surface area (Å²) in [5, 5.41) is 9.83. The van der Waals surface area contributed by atoms with Gasteiger partial charge in [0.25, 0.3) is 5.91 Å². The highest BCUT2D eigenvalue weighted by atomic mass is 35.5. The predicted octanol–water partition coefficient (Wildman–Crippen LogP) is 3.21. The maximum atomic E-state index is 13.9. The first-order chi connectivity index (χ1) is 16.5. The van der Waals surface area contributed by atoms with Crippen LogP contribution in [0.2, 0.25) is 5.02 Å². The van der Waals surface area contributed by atoms with Crippen LogP contribution in [0.4, 0.5) is 0 Å². The quantitative estimate of drug-likeness (QED) is 0.432. The molecular formula is C24H23ClN8O. The molecule has 0 unspecified atom stereocenters. The SMILES string of the molecule is CN(C)Cc1ccc2c(C(=O)N3CCc4[nH]cnc4[C@H]3c3cc4c(Cl)cccn4n3)cnn2c1. The van der Waals surface area contributed by atoms with Gasteiger partial charge in [0, 0.05) is 37.6 Å². The molecule has 1 aliphatic heterocycles. The van der Waals surface area contributed by atoms with Crippen molar-refractivity contribution >= 4 is 28.5 Å². The second-order valence-electron chi connectivity index (χ2n) is 8.84. The van der Waals surface area contributed by atoms with E-state index in [0.29, 0.717) is 23.6 Å². The summed E-state index contributed by atoms with van der Waals surface area (Å²) < 4.78 is 3.51. The summed E-state index contributed by atoms with van der Waals surface area (Å²) in [6, 6.07) is 9.18. The molecule has 0 aromatic carbocycles. The van der Waals surface area contributed by atoms with Crippen LogP contribution < -0.4 is 0 Å². The normalized spacial score (nSPS) is 16.0. The Kier molecular flexibility index (Phi) is 4.89. The first-order valence-corrected chi connectivity index (χ1v) is 11.5. The maximum absolute atomic E-state index is 13.9. The molecular weight excluding hydrogens is 452 g/mol. The number of carbonyl (C=O) groups excluding carboxylic acids is 1. The molecule has 6 heterocycles. The zero-order valence-corrected chi connectivity index (χ0v) is 19.6. The van der Waals surface area contributed by atoms with Gasteiger partial charge in [-0.25, -0.2) is 14.0 Å². The fourth-order valence-corrected chi connectivity index (χ4v) is 4.95. The average Bonchev–Trinajstić information content (AvgIpc) is 3.55. The van der Waals surface area contributed by atoms with Crippen LogP contribution >= 0.6 is 11.6 Å². The van der Waals surface area contributed by atoms with Crippen molar-refractivity contribution in [2.24, 2.45) is 0 Å². The van der Waals surface area contributed by atoms with Crippen molar-refractivity contribution in [3.8, 4) is 0 Å². The summed E-state index contributed by atoms with van der Waals surface area (Å²) >= 11 is 6.40. The first kappa shape index (κ1) is 20.9. The number of rotatable bonds is 4. The lowest BCUT2D eigenvalue weighted by Crippen LogP contribution is -2.41. The number of H-pyrrole nitrogens is 1. The van der Waals surface area contributed by atoms with Gasteiger partial charge in [0.05, 0.1) is 45.5 Å². The predicted molar refractivity (Wildman–Crippen MR) is 128 cm³/mol. The van der Waals surface area contributed by atoms with Crippen LogP contribution in [0.3, 0.4) is 0 Å². The second kappa shape index (κ2) is 7.96. The van der Waals surface area contributed by atoms with E-state index >= 15 is 0 Å². The van der Waals surface area contributed by atoms with Gasteiger partial charge in [-0.15, -0.1) is 0 Å². The number of carbonyl (C=O) groups is 1. The van der Waals surface area contributed by atoms with Crippen LogP contribution in [0.1, 0.15) is 39.0 Å². The molecule has 0 saturated carbocycles. The number of amides is 1. The summed E-state index contributed by atoms with van der Waals surface area (Å²) in [6.07, 6.45) is 7.83. The Morgan fingerprint density at radius 1 is 1.24 bits per heavy atom. The van der Waals surface area contributed by atoms with Gasteiger partial charge in [0.2, 0.25) is 0 Å². The van der Waals surface area contributed by atoms with Gasteiger partial charge in [0.1, 0.15) is 6.04 Å². The number of aromatic amines is 1. The van der Waals surface area contributed by atoms with E-state index in [1.807, 2.05) is 61.7 Å². The summed E-state index contributed by atoms with van der Waals surface area (Å²) in [7, 11) is 4.04. The molecule has 0 bridgehead atoms. The molecule has 6 rings (SSSR count). The highest BCUT2D eigenvalue weighted by Crippen LogP contribution is 2.35. The number of fused-ring (bicyclic) bond motifs is 3. The Bertz CT molecular complexity index is 1530. The van der Waals surface area contributed by atoms with Crippen LogP contribution in [-0.4, -0.2) is 65.5 Å². The summed E-state index contributed by atoms with van der Waals surface area (Å²) in [5.41, 5.74) is 5.80. The molecule has 1 amide bonds. The van der Waals surface area contributed by atoms with Crippen molar-refractivity contribution < 1.29 is 4.79 Å². The van der Waals surface area contributed by atoms with E-state index < -0.39 is 6.04 Å². The molecule has 172 valence electrons. The minimum absolute atomic E-state index is 0.0998. The number of hydrogen-bond donors (Lipinski definition) is 1. The van der Waals surface area contributed by atoms with Crippen LogP contribution in [-0.2, 0) is 13.0 Å². The monoisotopic (exact) mass is 474 g/mol. The lowest BCUT2D eigenvalue weighted by atomic mass is 9.98. The Morgan fingerprint density at radius 2 is 2.12 bits per heavy atom. The molecule has 0 radical (unpaired) electrons. The standard InChI is InChI=1S/C24H23ClN8O/c1-30(2)12-15-5-6-20-16(11-28-33(20)13-15)24(34)31-9-7-18-22(27-14-26-18)23(31)19-10-21-17(25)4-3-8-32(21)29-19/h3-6,8,10-11,13-14,23H,7,9,12H2,1-2H3,(H,26,27)/t23-/m1/s1. The third-order valence-corrected chi connectivity index (χ3v) is 6.56. The third kappa shape index (κ3) is 3.36. The van der Waals surface area contributed by atoms with E-state index in [4.69, 9.17) is 16.7 Å². The molecule has 1 N–H and O–H groups in total. The fourth-order valence-electron chi connectivity index (χ4n) is 4.73. The van der Waals surface area contributed by atoms with Gasteiger partial charge >= 0.3 is 0 Å². The van der Waals surface area contributed by atoms with E-state index in [0.717, 1.165) is 40.2 Å². The molecule has 5 aromatic heterocycles. The van der Waals surface area contributed by atoms with E-state index in [2.05, 4.69) is 20.0 Å². The third-order valence-electron chi connectivity index (χ3n) is 6.24. The minimum atomic E-state index is -0.429. The molecule has 1 atom stereocenters. The molecule has 0 spiro atoms. The van der Waals surface area contributed by atoms with Gasteiger partial charge in [0.15, 0.2) is 0 Å². The second-order valence-corrected chi connectivity index (χ2v) is 9.24. The van der Waals surface area contributed by atoms with Crippen LogP contribution in [0.5, 0.6) is 0 Å². The largest absolute Gasteiger partial charge is 0.348 e. The molecule has 0 fully saturated rings. The molecule has 0 aliphatic carbocycles. The number of nitrogens with one attached hydrogen (secondary N) is 1. The summed E-state index contributed by atoms with van der Waals surface area (Å²) in [5.74, 6) is -0.0998. The highest BCUT2D eigenvalue weighted by Gasteiger charge is 2.37. The lowest BCUT2D eigenvalue weighted by molar-refractivity contribution is 0.0689. The smallest absolute Gasteiger partial charge is 0.258 e. The van der Waals surface area contributed by atoms with Crippen molar-refractivity contribution in [2.45, 2.75) is 19.0 Å². The average molecular weight is 475 g/mol. The van der Waals surface area contributed by atoms with E-state index in [1.165, 1.54) is 0 Å². The van der Waals surface area contributed by atoms with E-state index in [9.17, 15) is 4.79 Å². The van der Waals surface area contributed by atoms with Crippen molar-refractivity contribution in [1.29, 1.82) is 0 Å². The molecule has 9 nitrogen and oxygen atoms in total. The number of aromatic nitrogens is 6. The van der Waals surface area contributed by atoms with Gasteiger partial charge < -0.3 is 14.8 Å². The van der Waals surface area contributed by atoms with Crippen LogP contribution in [0, 0.1) is 0 Å². The Hall–Kier alpha value is -3.69. The number of pyridine rings is 2.